The second kappa shape index (κ2) is 5.74. The largest absolute Gasteiger partial charge is 0.348 e. The minimum Gasteiger partial charge on any atom is -0.348 e. The highest BCUT2D eigenvalue weighted by Crippen LogP contribution is 2.27. The second-order valence-electron chi connectivity index (χ2n) is 5.03. The molecule has 1 aliphatic carbocycles. The topological polar surface area (TPSA) is 88.9 Å². The SMILES string of the molecule is O=C(NCC1CC1)C(=O)Nc1cccc(-n2cnnc2)c1. The van der Waals surface area contributed by atoms with E-state index in [1.165, 1.54) is 0 Å². The third-order valence-electron chi connectivity index (χ3n) is 3.28. The first-order valence-corrected chi connectivity index (χ1v) is 6.76. The van der Waals surface area contributed by atoms with Crippen LogP contribution in [0.25, 0.3) is 5.69 Å². The summed E-state index contributed by atoms with van der Waals surface area (Å²) in [6.45, 7) is 0.576. The van der Waals surface area contributed by atoms with Gasteiger partial charge in [0.1, 0.15) is 12.7 Å². The lowest BCUT2D eigenvalue weighted by atomic mass is 10.2. The van der Waals surface area contributed by atoms with Crippen molar-refractivity contribution in [2.45, 2.75) is 12.8 Å². The molecule has 0 spiro atoms. The van der Waals surface area contributed by atoms with Gasteiger partial charge in [-0.2, -0.15) is 0 Å². The van der Waals surface area contributed by atoms with E-state index in [0.717, 1.165) is 18.5 Å². The van der Waals surface area contributed by atoms with Gasteiger partial charge in [-0.05, 0) is 37.0 Å². The molecule has 1 saturated carbocycles. The predicted octanol–water partition coefficient (Wildman–Crippen LogP) is 0.732. The molecule has 0 bridgehead atoms. The zero-order valence-electron chi connectivity index (χ0n) is 11.3. The highest BCUT2D eigenvalue weighted by molar-refractivity contribution is 6.39. The highest BCUT2D eigenvalue weighted by Gasteiger charge is 2.23. The van der Waals surface area contributed by atoms with Crippen LogP contribution in [0.3, 0.4) is 0 Å². The van der Waals surface area contributed by atoms with E-state index in [4.69, 9.17) is 0 Å². The number of carbonyl (C=O) groups excluding carboxylic acids is 2. The van der Waals surface area contributed by atoms with Gasteiger partial charge in [-0.25, -0.2) is 0 Å². The summed E-state index contributed by atoms with van der Waals surface area (Å²) in [4.78, 5) is 23.4. The number of anilines is 1. The van der Waals surface area contributed by atoms with Crippen molar-refractivity contribution < 1.29 is 9.59 Å². The molecular formula is C14H15N5O2. The molecule has 7 heteroatoms. The number of rotatable bonds is 4. The van der Waals surface area contributed by atoms with E-state index in [1.54, 1.807) is 35.4 Å². The summed E-state index contributed by atoms with van der Waals surface area (Å²) in [5.41, 5.74) is 1.35. The Balaban J connectivity index is 1.62. The molecule has 21 heavy (non-hydrogen) atoms. The Labute approximate surface area is 121 Å². The van der Waals surface area contributed by atoms with Gasteiger partial charge in [0.25, 0.3) is 0 Å². The molecule has 1 fully saturated rings. The molecule has 0 unspecified atom stereocenters. The van der Waals surface area contributed by atoms with Gasteiger partial charge < -0.3 is 10.6 Å². The van der Waals surface area contributed by atoms with Gasteiger partial charge in [0.15, 0.2) is 0 Å². The molecule has 2 aromatic rings. The minimum atomic E-state index is -0.656. The Morgan fingerprint density at radius 2 is 1.95 bits per heavy atom. The third kappa shape index (κ3) is 3.44. The average Bonchev–Trinajstić information content (AvgIpc) is 3.16. The van der Waals surface area contributed by atoms with E-state index in [2.05, 4.69) is 20.8 Å². The number of benzene rings is 1. The van der Waals surface area contributed by atoms with Crippen molar-refractivity contribution in [1.29, 1.82) is 0 Å². The summed E-state index contributed by atoms with van der Waals surface area (Å²) < 4.78 is 1.71. The maximum Gasteiger partial charge on any atom is 0.313 e. The standard InChI is InChI=1S/C14H15N5O2/c20-13(15-7-10-4-5-10)14(21)18-11-2-1-3-12(6-11)19-8-16-17-9-19/h1-3,6,8-10H,4-5,7H2,(H,15,20)(H,18,21). The third-order valence-corrected chi connectivity index (χ3v) is 3.28. The Bertz CT molecular complexity index is 649. The lowest BCUT2D eigenvalue weighted by molar-refractivity contribution is -0.136. The summed E-state index contributed by atoms with van der Waals surface area (Å²) >= 11 is 0. The van der Waals surface area contributed by atoms with Crippen LogP contribution in [0.4, 0.5) is 5.69 Å². The fraction of sp³-hybridized carbons (Fsp3) is 0.286. The van der Waals surface area contributed by atoms with Crippen LogP contribution < -0.4 is 10.6 Å². The van der Waals surface area contributed by atoms with Crippen LogP contribution in [0.15, 0.2) is 36.9 Å². The molecule has 2 N–H and O–H groups in total. The van der Waals surface area contributed by atoms with Crippen molar-refractivity contribution in [3.05, 3.63) is 36.9 Å². The second-order valence-corrected chi connectivity index (χ2v) is 5.03. The molecule has 1 aromatic heterocycles. The van der Waals surface area contributed by atoms with Gasteiger partial charge in [0.2, 0.25) is 0 Å². The molecular weight excluding hydrogens is 270 g/mol. The van der Waals surface area contributed by atoms with E-state index in [0.29, 0.717) is 18.2 Å². The Morgan fingerprint density at radius 3 is 2.67 bits per heavy atom. The molecule has 7 nitrogen and oxygen atoms in total. The van der Waals surface area contributed by atoms with Gasteiger partial charge in [0.05, 0.1) is 5.69 Å². The fourth-order valence-electron chi connectivity index (χ4n) is 1.91. The summed E-state index contributed by atoms with van der Waals surface area (Å²) in [5, 5.41) is 12.7. The maximum atomic E-state index is 11.8. The van der Waals surface area contributed by atoms with Crippen molar-refractivity contribution in [3.63, 3.8) is 0 Å². The number of nitrogens with zero attached hydrogens (tertiary/aromatic N) is 3. The van der Waals surface area contributed by atoms with Crippen LogP contribution >= 0.6 is 0 Å². The summed E-state index contributed by atoms with van der Waals surface area (Å²) in [6.07, 6.45) is 5.37. The van der Waals surface area contributed by atoms with Crippen molar-refractivity contribution in [1.82, 2.24) is 20.1 Å². The highest BCUT2D eigenvalue weighted by atomic mass is 16.2. The van der Waals surface area contributed by atoms with E-state index in [-0.39, 0.29) is 0 Å². The molecule has 1 aromatic carbocycles. The summed E-state index contributed by atoms with van der Waals surface area (Å²) in [5.74, 6) is -0.716. The maximum absolute atomic E-state index is 11.8. The molecule has 0 atom stereocenters. The smallest absolute Gasteiger partial charge is 0.313 e. The van der Waals surface area contributed by atoms with Gasteiger partial charge >= 0.3 is 11.8 Å². The van der Waals surface area contributed by atoms with Crippen molar-refractivity contribution in [3.8, 4) is 5.69 Å². The van der Waals surface area contributed by atoms with Crippen molar-refractivity contribution in [2.75, 3.05) is 11.9 Å². The molecule has 3 rings (SSSR count). The summed E-state index contributed by atoms with van der Waals surface area (Å²) in [6, 6.07) is 7.11. The van der Waals surface area contributed by atoms with E-state index < -0.39 is 11.8 Å². The van der Waals surface area contributed by atoms with Crippen LogP contribution in [-0.2, 0) is 9.59 Å². The molecule has 0 aliphatic heterocycles. The van der Waals surface area contributed by atoms with Crippen molar-refractivity contribution >= 4 is 17.5 Å². The number of amides is 2. The van der Waals surface area contributed by atoms with Crippen LogP contribution in [0.2, 0.25) is 0 Å². The zero-order valence-corrected chi connectivity index (χ0v) is 11.3. The molecule has 1 heterocycles. The van der Waals surface area contributed by atoms with Gasteiger partial charge in [-0.1, -0.05) is 6.07 Å². The summed E-state index contributed by atoms with van der Waals surface area (Å²) in [7, 11) is 0. The predicted molar refractivity (Wildman–Crippen MR) is 75.7 cm³/mol. The molecule has 108 valence electrons. The molecule has 0 saturated heterocycles. The quantitative estimate of drug-likeness (QED) is 0.811. The van der Waals surface area contributed by atoms with E-state index >= 15 is 0 Å². The number of hydrogen-bond acceptors (Lipinski definition) is 4. The van der Waals surface area contributed by atoms with Crippen LogP contribution in [0.1, 0.15) is 12.8 Å². The van der Waals surface area contributed by atoms with Gasteiger partial charge in [0, 0.05) is 12.2 Å². The van der Waals surface area contributed by atoms with Gasteiger partial charge in [-0.3, -0.25) is 14.2 Å². The van der Waals surface area contributed by atoms with Crippen molar-refractivity contribution in [2.24, 2.45) is 5.92 Å². The van der Waals surface area contributed by atoms with Crippen LogP contribution in [-0.4, -0.2) is 33.1 Å². The first-order chi connectivity index (χ1) is 10.2. The van der Waals surface area contributed by atoms with Gasteiger partial charge in [-0.15, -0.1) is 10.2 Å². The first kappa shape index (κ1) is 13.3. The lowest BCUT2D eigenvalue weighted by Crippen LogP contribution is -2.36. The zero-order chi connectivity index (χ0) is 14.7. The molecule has 0 radical (unpaired) electrons. The Morgan fingerprint density at radius 1 is 1.19 bits per heavy atom. The first-order valence-electron chi connectivity index (χ1n) is 6.76. The molecule has 2 amide bonds. The van der Waals surface area contributed by atoms with E-state index in [1.807, 2.05) is 6.07 Å². The number of hydrogen-bond donors (Lipinski definition) is 2. The van der Waals surface area contributed by atoms with E-state index in [9.17, 15) is 9.59 Å². The fourth-order valence-corrected chi connectivity index (χ4v) is 1.91. The average molecular weight is 285 g/mol. The molecule has 1 aliphatic rings. The number of aromatic nitrogens is 3. The Hall–Kier alpha value is -2.70. The number of nitrogens with one attached hydrogen (secondary N) is 2. The number of carbonyl (C=O) groups is 2. The van der Waals surface area contributed by atoms with Crippen LogP contribution in [0.5, 0.6) is 0 Å². The normalized spacial score (nSPS) is 13.7. The Kier molecular flexibility index (Phi) is 3.63. The monoisotopic (exact) mass is 285 g/mol. The van der Waals surface area contributed by atoms with Crippen LogP contribution in [0, 0.1) is 5.92 Å². The lowest BCUT2D eigenvalue weighted by Gasteiger charge is -2.08. The minimum absolute atomic E-state index is 0.541.